The van der Waals surface area contributed by atoms with Crippen molar-refractivity contribution in [3.63, 3.8) is 0 Å². The fourth-order valence-corrected chi connectivity index (χ4v) is 6.74. The molecule has 0 saturated carbocycles. The zero-order chi connectivity index (χ0) is 27.3. The van der Waals surface area contributed by atoms with E-state index in [9.17, 15) is 18.0 Å². The van der Waals surface area contributed by atoms with Gasteiger partial charge in [-0.15, -0.1) is 0 Å². The van der Waals surface area contributed by atoms with Crippen LogP contribution in [0.25, 0.3) is 10.2 Å². The van der Waals surface area contributed by atoms with Crippen LogP contribution in [0.2, 0.25) is 0 Å². The maximum atomic E-state index is 13.1. The maximum absolute atomic E-state index is 13.1. The quantitative estimate of drug-likeness (QED) is 0.415. The largest absolute Gasteiger partial charge is 0.494 e. The summed E-state index contributed by atoms with van der Waals surface area (Å²) < 4.78 is 41.2. The predicted octanol–water partition coefficient (Wildman–Crippen LogP) is 3.72. The van der Waals surface area contributed by atoms with Gasteiger partial charge < -0.3 is 18.9 Å². The third-order valence-electron chi connectivity index (χ3n) is 6.11. The molecule has 1 aliphatic rings. The molecule has 0 radical (unpaired) electrons. The first kappa shape index (κ1) is 27.8. The van der Waals surface area contributed by atoms with Gasteiger partial charge in [0.25, 0.3) is 5.91 Å². The van der Waals surface area contributed by atoms with Gasteiger partial charge in [0.15, 0.2) is 4.80 Å². The second-order valence-electron chi connectivity index (χ2n) is 8.63. The van der Waals surface area contributed by atoms with Crippen LogP contribution in [0.4, 0.5) is 4.79 Å². The number of aromatic nitrogens is 1. The number of carbonyl (C=O) groups excluding carboxylic acids is 2. The molecule has 0 spiro atoms. The molecule has 0 aliphatic carbocycles. The number of hydrogen-bond donors (Lipinski definition) is 0. The number of piperazine rings is 1. The van der Waals surface area contributed by atoms with Crippen molar-refractivity contribution in [1.82, 2.24) is 13.8 Å². The first-order chi connectivity index (χ1) is 18.3. The van der Waals surface area contributed by atoms with Crippen molar-refractivity contribution in [2.45, 2.75) is 38.6 Å². The Morgan fingerprint density at radius 2 is 1.68 bits per heavy atom. The fraction of sp³-hybridized carbons (Fsp3) is 0.423. The highest BCUT2D eigenvalue weighted by molar-refractivity contribution is 7.89. The van der Waals surface area contributed by atoms with E-state index in [-0.39, 0.29) is 37.7 Å². The number of thiazole rings is 1. The van der Waals surface area contributed by atoms with Gasteiger partial charge in [0, 0.05) is 38.3 Å². The lowest BCUT2D eigenvalue weighted by Gasteiger charge is -2.33. The molecule has 0 atom stereocenters. The first-order valence-electron chi connectivity index (χ1n) is 12.7. The monoisotopic (exact) mass is 560 g/mol. The van der Waals surface area contributed by atoms with E-state index in [1.54, 1.807) is 6.92 Å². The van der Waals surface area contributed by atoms with Gasteiger partial charge in [0.05, 0.1) is 28.3 Å². The predicted molar refractivity (Wildman–Crippen MR) is 145 cm³/mol. The summed E-state index contributed by atoms with van der Waals surface area (Å²) >= 11 is 1.41. The van der Waals surface area contributed by atoms with Crippen LogP contribution in [0.3, 0.4) is 0 Å². The highest BCUT2D eigenvalue weighted by Crippen LogP contribution is 2.24. The van der Waals surface area contributed by atoms with E-state index in [0.29, 0.717) is 23.5 Å². The van der Waals surface area contributed by atoms with Gasteiger partial charge in [-0.25, -0.2) is 13.2 Å². The molecule has 0 bridgehead atoms. The highest BCUT2D eigenvalue weighted by atomic mass is 32.2. The number of fused-ring (bicyclic) bond motifs is 1. The van der Waals surface area contributed by atoms with Crippen LogP contribution in [-0.2, 0) is 21.3 Å². The summed E-state index contributed by atoms with van der Waals surface area (Å²) in [6, 6.07) is 11.7. The molecule has 1 saturated heterocycles. The summed E-state index contributed by atoms with van der Waals surface area (Å²) in [7, 11) is -3.77. The lowest BCUT2D eigenvalue weighted by atomic mass is 10.2. The van der Waals surface area contributed by atoms with Crippen molar-refractivity contribution < 1.29 is 27.5 Å². The average molecular weight is 561 g/mol. The van der Waals surface area contributed by atoms with E-state index in [0.717, 1.165) is 22.4 Å². The van der Waals surface area contributed by atoms with Crippen LogP contribution in [0.5, 0.6) is 5.75 Å². The third-order valence-corrected chi connectivity index (χ3v) is 9.07. The maximum Gasteiger partial charge on any atom is 0.409 e. The van der Waals surface area contributed by atoms with Gasteiger partial charge in [0.2, 0.25) is 10.0 Å². The van der Waals surface area contributed by atoms with E-state index in [1.165, 1.54) is 44.8 Å². The van der Waals surface area contributed by atoms with E-state index in [2.05, 4.69) is 11.9 Å². The number of nitrogens with zero attached hydrogens (tertiary/aromatic N) is 4. The number of carbonyl (C=O) groups is 2. The van der Waals surface area contributed by atoms with Gasteiger partial charge in [-0.2, -0.15) is 9.30 Å². The molecule has 3 aromatic rings. The molecule has 4 rings (SSSR count). The number of sulfonamides is 1. The topological polar surface area (TPSA) is 111 Å². The summed E-state index contributed by atoms with van der Waals surface area (Å²) in [5.41, 5.74) is 1.28. The number of aryl methyl sites for hydroxylation is 1. The second-order valence-corrected chi connectivity index (χ2v) is 11.6. The van der Waals surface area contributed by atoms with Crippen LogP contribution < -0.4 is 9.54 Å². The third kappa shape index (κ3) is 5.92. The molecule has 12 heteroatoms. The van der Waals surface area contributed by atoms with Crippen molar-refractivity contribution in [2.24, 2.45) is 4.99 Å². The number of rotatable bonds is 8. The standard InChI is InChI=1S/C26H32N4O6S2/c1-4-13-30-22-12-9-20(35-5-2)18-23(22)37-25(30)27-24(31)19-7-10-21(11-8-19)38(33,34)29-16-14-28(15-17-29)26(32)36-6-3/h7-12,18H,4-6,13-17H2,1-3H3. The Kier molecular flexibility index (Phi) is 8.85. The van der Waals surface area contributed by atoms with Crippen molar-refractivity contribution in [2.75, 3.05) is 39.4 Å². The summed E-state index contributed by atoms with van der Waals surface area (Å²) in [4.78, 5) is 31.5. The summed E-state index contributed by atoms with van der Waals surface area (Å²) in [5.74, 6) is 0.320. The normalized spacial score (nSPS) is 15.1. The fourth-order valence-electron chi connectivity index (χ4n) is 4.23. The minimum Gasteiger partial charge on any atom is -0.494 e. The number of ether oxygens (including phenoxy) is 2. The van der Waals surface area contributed by atoms with Crippen LogP contribution in [0.1, 0.15) is 37.6 Å². The Bertz CT molecular complexity index is 1470. The minimum absolute atomic E-state index is 0.0880. The van der Waals surface area contributed by atoms with Crippen LogP contribution in [0, 0.1) is 0 Å². The molecule has 1 aliphatic heterocycles. The van der Waals surface area contributed by atoms with Crippen LogP contribution in [0.15, 0.2) is 52.4 Å². The van der Waals surface area contributed by atoms with Gasteiger partial charge in [0.1, 0.15) is 5.75 Å². The van der Waals surface area contributed by atoms with E-state index >= 15 is 0 Å². The Hall–Kier alpha value is -3.22. The molecule has 0 unspecified atom stereocenters. The summed E-state index contributed by atoms with van der Waals surface area (Å²) in [5, 5.41) is 0. The first-order valence-corrected chi connectivity index (χ1v) is 14.9. The van der Waals surface area contributed by atoms with Crippen molar-refractivity contribution >= 4 is 43.6 Å². The number of hydrogen-bond acceptors (Lipinski definition) is 7. The highest BCUT2D eigenvalue weighted by Gasteiger charge is 2.30. The lowest BCUT2D eigenvalue weighted by Crippen LogP contribution is -2.50. The van der Waals surface area contributed by atoms with Gasteiger partial charge in [-0.3, -0.25) is 4.79 Å². The molecule has 2 aromatic carbocycles. The molecule has 2 heterocycles. The van der Waals surface area contributed by atoms with Crippen molar-refractivity contribution in [3.05, 3.63) is 52.8 Å². The van der Waals surface area contributed by atoms with Crippen molar-refractivity contribution in [1.29, 1.82) is 0 Å². The average Bonchev–Trinajstić information content (AvgIpc) is 3.25. The molecule has 1 fully saturated rings. The summed E-state index contributed by atoms with van der Waals surface area (Å²) in [6.07, 6.45) is 0.436. The second kappa shape index (κ2) is 12.1. The Balaban J connectivity index is 1.53. The summed E-state index contributed by atoms with van der Waals surface area (Å²) in [6.45, 7) is 8.12. The SMILES string of the molecule is CCCn1c(=NC(=O)c2ccc(S(=O)(=O)N3CCN(C(=O)OCC)CC3)cc2)sc2cc(OCC)ccc21. The Morgan fingerprint density at radius 3 is 2.32 bits per heavy atom. The van der Waals surface area contributed by atoms with Crippen LogP contribution >= 0.6 is 11.3 Å². The smallest absolute Gasteiger partial charge is 0.409 e. The molecule has 38 heavy (non-hydrogen) atoms. The molecule has 10 nitrogen and oxygen atoms in total. The molecule has 204 valence electrons. The van der Waals surface area contributed by atoms with E-state index in [1.807, 2.05) is 29.7 Å². The molecule has 2 amide bonds. The molecular weight excluding hydrogens is 528 g/mol. The molecule has 1 aromatic heterocycles. The minimum atomic E-state index is -3.77. The van der Waals surface area contributed by atoms with Gasteiger partial charge in [-0.05, 0) is 62.7 Å². The van der Waals surface area contributed by atoms with Crippen molar-refractivity contribution in [3.8, 4) is 5.75 Å². The zero-order valence-electron chi connectivity index (χ0n) is 21.8. The van der Waals surface area contributed by atoms with E-state index in [4.69, 9.17) is 9.47 Å². The number of amides is 2. The van der Waals surface area contributed by atoms with E-state index < -0.39 is 22.0 Å². The van der Waals surface area contributed by atoms with Gasteiger partial charge in [-0.1, -0.05) is 18.3 Å². The Morgan fingerprint density at radius 1 is 0.974 bits per heavy atom. The lowest BCUT2D eigenvalue weighted by molar-refractivity contribution is 0.0933. The molecule has 0 N–H and O–H groups in total. The number of benzene rings is 2. The molecular formula is C26H32N4O6S2. The Labute approximate surface area is 226 Å². The zero-order valence-corrected chi connectivity index (χ0v) is 23.4. The van der Waals surface area contributed by atoms with Gasteiger partial charge >= 0.3 is 6.09 Å². The van der Waals surface area contributed by atoms with Crippen LogP contribution in [-0.4, -0.2) is 73.6 Å².